The second kappa shape index (κ2) is 4.10. The summed E-state index contributed by atoms with van der Waals surface area (Å²) in [5.74, 6) is 0.00252. The molecule has 0 aromatic heterocycles. The van der Waals surface area contributed by atoms with Gasteiger partial charge in [0.25, 0.3) is 0 Å². The Labute approximate surface area is 83.6 Å². The Morgan fingerprint density at radius 1 is 1.58 bits per heavy atom. The Kier molecular flexibility index (Phi) is 3.35. The summed E-state index contributed by atoms with van der Waals surface area (Å²) in [4.78, 5) is 0. The van der Waals surface area contributed by atoms with Crippen LogP contribution in [-0.4, -0.2) is 6.61 Å². The van der Waals surface area contributed by atoms with Crippen LogP contribution in [0.3, 0.4) is 0 Å². The summed E-state index contributed by atoms with van der Waals surface area (Å²) in [5.41, 5.74) is 0. The van der Waals surface area contributed by atoms with Gasteiger partial charge in [0, 0.05) is 6.07 Å². The summed E-state index contributed by atoms with van der Waals surface area (Å²) in [6.07, 6.45) is 0. The Morgan fingerprint density at radius 2 is 2.25 bits per heavy atom. The molecule has 0 saturated carbocycles. The summed E-state index contributed by atoms with van der Waals surface area (Å²) in [5, 5.41) is 0.0883. The molecule has 0 atom stereocenters. The largest absolute Gasteiger partial charge is 0.493 e. The molecule has 0 bridgehead atoms. The van der Waals surface area contributed by atoms with Gasteiger partial charge in [0.1, 0.15) is 11.6 Å². The lowest BCUT2D eigenvalue weighted by molar-refractivity contribution is 0.336. The molecule has 0 aliphatic heterocycles. The third kappa shape index (κ3) is 2.11. The van der Waals surface area contributed by atoms with Crippen molar-refractivity contribution in [3.05, 3.63) is 27.4 Å². The minimum atomic E-state index is -0.469. The van der Waals surface area contributed by atoms with Crippen LogP contribution in [0.25, 0.3) is 0 Å². The molecule has 1 nitrogen and oxygen atoms in total. The molecule has 0 saturated heterocycles. The monoisotopic (exact) mass is 252 g/mol. The van der Waals surface area contributed by atoms with Crippen LogP contribution < -0.4 is 4.74 Å². The summed E-state index contributed by atoms with van der Waals surface area (Å²) in [7, 11) is 0. The molecular formula is C8H7BrClFO. The first-order valence-corrected chi connectivity index (χ1v) is 4.59. The van der Waals surface area contributed by atoms with E-state index in [2.05, 4.69) is 15.9 Å². The Balaban J connectivity index is 3.05. The molecule has 66 valence electrons. The lowest BCUT2D eigenvalue weighted by Crippen LogP contribution is -1.93. The van der Waals surface area contributed by atoms with E-state index in [0.29, 0.717) is 16.8 Å². The summed E-state index contributed by atoms with van der Waals surface area (Å²) < 4.78 is 18.6. The van der Waals surface area contributed by atoms with Crippen molar-refractivity contribution in [1.82, 2.24) is 0 Å². The molecule has 0 aliphatic rings. The molecule has 4 heteroatoms. The standard InChI is InChI=1S/C8H7BrClFO/c1-2-12-8-4-7(11)6(10)3-5(8)9/h3-4H,2H2,1H3. The van der Waals surface area contributed by atoms with Gasteiger partial charge < -0.3 is 4.74 Å². The zero-order valence-corrected chi connectivity index (χ0v) is 8.75. The molecule has 1 aromatic carbocycles. The van der Waals surface area contributed by atoms with Gasteiger partial charge in [0.05, 0.1) is 16.1 Å². The maximum Gasteiger partial charge on any atom is 0.145 e. The number of ether oxygens (including phenoxy) is 1. The maximum atomic E-state index is 12.8. The van der Waals surface area contributed by atoms with Crippen LogP contribution in [0, 0.1) is 5.82 Å². The second-order valence-electron chi connectivity index (χ2n) is 2.13. The van der Waals surface area contributed by atoms with E-state index in [4.69, 9.17) is 16.3 Å². The first-order chi connectivity index (χ1) is 5.65. The van der Waals surface area contributed by atoms with Gasteiger partial charge in [-0.05, 0) is 28.9 Å². The van der Waals surface area contributed by atoms with E-state index in [0.717, 1.165) is 0 Å². The van der Waals surface area contributed by atoms with E-state index in [1.165, 1.54) is 12.1 Å². The highest BCUT2D eigenvalue weighted by molar-refractivity contribution is 9.10. The number of benzene rings is 1. The molecule has 0 amide bonds. The van der Waals surface area contributed by atoms with Crippen molar-refractivity contribution >= 4 is 27.5 Å². The van der Waals surface area contributed by atoms with Crippen LogP contribution in [0.4, 0.5) is 4.39 Å². The normalized spacial score (nSPS) is 10.0. The van der Waals surface area contributed by atoms with E-state index < -0.39 is 5.82 Å². The molecule has 0 unspecified atom stereocenters. The zero-order chi connectivity index (χ0) is 9.14. The Bertz CT molecular complexity index is 291. The number of hydrogen-bond acceptors (Lipinski definition) is 1. The Hall–Kier alpha value is -0.280. The molecule has 0 spiro atoms. The van der Waals surface area contributed by atoms with Crippen LogP contribution >= 0.6 is 27.5 Å². The summed E-state index contributed by atoms with van der Waals surface area (Å²) in [6, 6.07) is 2.73. The Morgan fingerprint density at radius 3 is 2.83 bits per heavy atom. The number of halogens is 3. The van der Waals surface area contributed by atoms with E-state index in [1.807, 2.05) is 6.92 Å². The van der Waals surface area contributed by atoms with E-state index in [1.54, 1.807) is 0 Å². The van der Waals surface area contributed by atoms with Crippen LogP contribution in [0.2, 0.25) is 5.02 Å². The lowest BCUT2D eigenvalue weighted by atomic mass is 10.3. The lowest BCUT2D eigenvalue weighted by Gasteiger charge is -2.05. The highest BCUT2D eigenvalue weighted by Crippen LogP contribution is 2.30. The minimum absolute atomic E-state index is 0.0883. The van der Waals surface area contributed by atoms with Crippen LogP contribution in [0.1, 0.15) is 6.92 Å². The smallest absolute Gasteiger partial charge is 0.145 e. The van der Waals surface area contributed by atoms with E-state index in [-0.39, 0.29) is 5.02 Å². The van der Waals surface area contributed by atoms with Crippen molar-refractivity contribution in [3.63, 3.8) is 0 Å². The van der Waals surface area contributed by atoms with Crippen LogP contribution in [-0.2, 0) is 0 Å². The molecule has 0 fully saturated rings. The van der Waals surface area contributed by atoms with Crippen LogP contribution in [0.5, 0.6) is 5.75 Å². The van der Waals surface area contributed by atoms with Gasteiger partial charge in [-0.25, -0.2) is 4.39 Å². The van der Waals surface area contributed by atoms with Crippen molar-refractivity contribution in [3.8, 4) is 5.75 Å². The molecule has 1 rings (SSSR count). The fraction of sp³-hybridized carbons (Fsp3) is 0.250. The summed E-state index contributed by atoms with van der Waals surface area (Å²) in [6.45, 7) is 2.33. The van der Waals surface area contributed by atoms with Gasteiger partial charge in [-0.2, -0.15) is 0 Å². The fourth-order valence-corrected chi connectivity index (χ4v) is 1.52. The van der Waals surface area contributed by atoms with E-state index >= 15 is 0 Å². The fourth-order valence-electron chi connectivity index (χ4n) is 0.770. The highest BCUT2D eigenvalue weighted by Gasteiger charge is 2.06. The number of rotatable bonds is 2. The first-order valence-electron chi connectivity index (χ1n) is 3.42. The maximum absolute atomic E-state index is 12.8. The molecule has 0 heterocycles. The minimum Gasteiger partial charge on any atom is -0.493 e. The molecule has 1 aromatic rings. The van der Waals surface area contributed by atoms with Crippen molar-refractivity contribution in [2.45, 2.75) is 6.92 Å². The van der Waals surface area contributed by atoms with Gasteiger partial charge in [0.15, 0.2) is 0 Å². The van der Waals surface area contributed by atoms with Crippen molar-refractivity contribution in [1.29, 1.82) is 0 Å². The van der Waals surface area contributed by atoms with Gasteiger partial charge in [-0.1, -0.05) is 11.6 Å². The average Bonchev–Trinajstić information content (AvgIpc) is 2.01. The topological polar surface area (TPSA) is 9.23 Å². The second-order valence-corrected chi connectivity index (χ2v) is 3.39. The van der Waals surface area contributed by atoms with Gasteiger partial charge in [-0.3, -0.25) is 0 Å². The molecule has 0 radical (unpaired) electrons. The first kappa shape index (κ1) is 9.81. The van der Waals surface area contributed by atoms with Crippen molar-refractivity contribution < 1.29 is 9.13 Å². The molecule has 0 aliphatic carbocycles. The van der Waals surface area contributed by atoms with Gasteiger partial charge in [-0.15, -0.1) is 0 Å². The predicted octanol–water partition coefficient (Wildman–Crippen LogP) is 3.64. The molecule has 0 N–H and O–H groups in total. The third-order valence-corrected chi connectivity index (χ3v) is 2.18. The van der Waals surface area contributed by atoms with Gasteiger partial charge in [0.2, 0.25) is 0 Å². The molecule has 12 heavy (non-hydrogen) atoms. The quantitative estimate of drug-likeness (QED) is 0.731. The van der Waals surface area contributed by atoms with Crippen LogP contribution in [0.15, 0.2) is 16.6 Å². The van der Waals surface area contributed by atoms with Crippen molar-refractivity contribution in [2.75, 3.05) is 6.61 Å². The molecular weight excluding hydrogens is 246 g/mol. The van der Waals surface area contributed by atoms with E-state index in [9.17, 15) is 4.39 Å². The summed E-state index contributed by atoms with van der Waals surface area (Å²) >= 11 is 8.73. The third-order valence-electron chi connectivity index (χ3n) is 1.27. The van der Waals surface area contributed by atoms with Gasteiger partial charge >= 0.3 is 0 Å². The highest BCUT2D eigenvalue weighted by atomic mass is 79.9. The SMILES string of the molecule is CCOc1cc(F)c(Cl)cc1Br. The zero-order valence-electron chi connectivity index (χ0n) is 6.40. The van der Waals surface area contributed by atoms with Crippen molar-refractivity contribution in [2.24, 2.45) is 0 Å². The number of hydrogen-bond donors (Lipinski definition) is 0. The predicted molar refractivity (Wildman–Crippen MR) is 50.3 cm³/mol. The average molecular weight is 253 g/mol.